The van der Waals surface area contributed by atoms with E-state index in [9.17, 15) is 14.4 Å². The van der Waals surface area contributed by atoms with Crippen molar-refractivity contribution in [2.24, 2.45) is 0 Å². The first-order valence-electron chi connectivity index (χ1n) is 20.4. The van der Waals surface area contributed by atoms with E-state index in [1.54, 1.807) is 0 Å². The molecule has 0 heterocycles. The number of ether oxygens (including phenoxy) is 2. The first-order chi connectivity index (χ1) is 22.5. The molecule has 0 radical (unpaired) electrons. The number of hydrogen-bond acceptors (Lipinski definition) is 6. The number of phosphoric acid groups is 1. The van der Waals surface area contributed by atoms with Crippen LogP contribution in [-0.4, -0.2) is 32.5 Å². The summed E-state index contributed by atoms with van der Waals surface area (Å²) in [7, 11) is -5.01. The molecule has 0 saturated carbocycles. The van der Waals surface area contributed by atoms with Gasteiger partial charge in [-0.1, -0.05) is 206 Å². The molecule has 0 aliphatic rings. The predicted octanol–water partition coefficient (Wildman–Crippen LogP) is 5.76. The molecular weight excluding hydrogens is 641 g/mol. The largest absolute Gasteiger partial charge is 1.00 e. The Hall–Kier alpha value is 2.03. The molecular formula is C39H79Na2O6P. The minimum atomic E-state index is -5.01. The van der Waals surface area contributed by atoms with Gasteiger partial charge in [0, 0.05) is 13.2 Å². The van der Waals surface area contributed by atoms with Crippen molar-refractivity contribution in [3.63, 3.8) is 0 Å². The first-order valence-corrected chi connectivity index (χ1v) is 21.8. The smallest absolute Gasteiger partial charge is 0.790 e. The Balaban J connectivity index is -0.0000101. The van der Waals surface area contributed by atoms with Gasteiger partial charge >= 0.3 is 59.1 Å². The van der Waals surface area contributed by atoms with Crippen LogP contribution >= 0.6 is 7.82 Å². The van der Waals surface area contributed by atoms with Crippen molar-refractivity contribution in [1.29, 1.82) is 0 Å². The van der Waals surface area contributed by atoms with E-state index in [1.807, 2.05) is 0 Å². The van der Waals surface area contributed by atoms with Crippen molar-refractivity contribution in [2.45, 2.75) is 225 Å². The summed E-state index contributed by atoms with van der Waals surface area (Å²) in [5.74, 6) is 0. The maximum absolute atomic E-state index is 11.0. The second kappa shape index (κ2) is 45.2. The van der Waals surface area contributed by atoms with Crippen molar-refractivity contribution in [3.8, 4) is 0 Å². The van der Waals surface area contributed by atoms with Gasteiger partial charge in [0.25, 0.3) is 0 Å². The van der Waals surface area contributed by atoms with E-state index < -0.39 is 13.9 Å². The topological polar surface area (TPSA) is 90.9 Å². The first kappa shape index (κ1) is 54.4. The van der Waals surface area contributed by atoms with Crippen molar-refractivity contribution >= 4 is 7.82 Å². The average molecular weight is 721 g/mol. The molecule has 0 fully saturated rings. The molecule has 9 heteroatoms. The molecule has 0 aromatic carbocycles. The van der Waals surface area contributed by atoms with Crippen molar-refractivity contribution in [2.75, 3.05) is 26.4 Å². The van der Waals surface area contributed by atoms with E-state index in [4.69, 9.17) is 9.47 Å². The Morgan fingerprint density at radius 1 is 0.417 bits per heavy atom. The van der Waals surface area contributed by atoms with Crippen molar-refractivity contribution in [1.82, 2.24) is 0 Å². The number of hydrogen-bond donors (Lipinski definition) is 0. The quantitative estimate of drug-likeness (QED) is 0.0454. The molecule has 0 bridgehead atoms. The summed E-state index contributed by atoms with van der Waals surface area (Å²) >= 11 is 0. The van der Waals surface area contributed by atoms with E-state index in [0.29, 0.717) is 13.2 Å². The number of unbranched alkanes of at least 4 members (excludes halogenated alkanes) is 30. The Bertz CT molecular complexity index is 625. The van der Waals surface area contributed by atoms with Crippen molar-refractivity contribution < 1.29 is 87.5 Å². The second-order valence-electron chi connectivity index (χ2n) is 13.9. The third-order valence-corrected chi connectivity index (χ3v) is 9.68. The van der Waals surface area contributed by atoms with Crippen LogP contribution in [0.5, 0.6) is 0 Å². The van der Waals surface area contributed by atoms with Crippen LogP contribution in [0.25, 0.3) is 0 Å². The van der Waals surface area contributed by atoms with Crippen LogP contribution in [0.4, 0.5) is 0 Å². The Morgan fingerprint density at radius 2 is 0.688 bits per heavy atom. The SMILES string of the molecule is CCCCCCCCCCCCCCCCCCOCC(COP(=O)([O-])[O-])OCCCCCCCCCCCCCCCCCC.[Na+].[Na+]. The van der Waals surface area contributed by atoms with Crippen LogP contribution < -0.4 is 68.9 Å². The van der Waals surface area contributed by atoms with Crippen LogP contribution in [0.15, 0.2) is 0 Å². The zero-order valence-corrected chi connectivity index (χ0v) is 37.8. The molecule has 0 spiro atoms. The fraction of sp³-hybridized carbons (Fsp3) is 1.00. The fourth-order valence-electron chi connectivity index (χ4n) is 6.19. The molecule has 0 N–H and O–H groups in total. The summed E-state index contributed by atoms with van der Waals surface area (Å²) in [6, 6.07) is 0. The van der Waals surface area contributed by atoms with Gasteiger partial charge in [-0.3, -0.25) is 0 Å². The Labute approximate surface area is 344 Å². The summed E-state index contributed by atoms with van der Waals surface area (Å²) in [6.45, 7) is 5.72. The van der Waals surface area contributed by atoms with Crippen LogP contribution in [0.2, 0.25) is 0 Å². The average Bonchev–Trinajstić information content (AvgIpc) is 3.03. The summed E-state index contributed by atoms with van der Waals surface area (Å²) < 4.78 is 27.1. The van der Waals surface area contributed by atoms with Gasteiger partial charge in [-0.2, -0.15) is 0 Å². The number of rotatable bonds is 40. The molecule has 0 saturated heterocycles. The predicted molar refractivity (Wildman–Crippen MR) is 193 cm³/mol. The van der Waals surface area contributed by atoms with Crippen LogP contribution in [0.1, 0.15) is 219 Å². The zero-order valence-electron chi connectivity index (χ0n) is 32.9. The minimum absolute atomic E-state index is 0. The van der Waals surface area contributed by atoms with E-state index in [0.717, 1.165) is 25.7 Å². The normalized spacial score (nSPS) is 12.2. The zero-order chi connectivity index (χ0) is 33.7. The Morgan fingerprint density at radius 3 is 0.979 bits per heavy atom. The van der Waals surface area contributed by atoms with Crippen LogP contribution in [0, 0.1) is 0 Å². The molecule has 0 aromatic rings. The van der Waals surface area contributed by atoms with Crippen LogP contribution in [-0.2, 0) is 18.6 Å². The molecule has 1 atom stereocenters. The van der Waals surface area contributed by atoms with Gasteiger partial charge in [-0.05, 0) is 12.8 Å². The summed E-state index contributed by atoms with van der Waals surface area (Å²) in [5.41, 5.74) is 0. The van der Waals surface area contributed by atoms with Gasteiger partial charge in [0.15, 0.2) is 0 Å². The van der Waals surface area contributed by atoms with E-state index in [2.05, 4.69) is 18.4 Å². The van der Waals surface area contributed by atoms with Gasteiger partial charge in [0.1, 0.15) is 6.10 Å². The van der Waals surface area contributed by atoms with Gasteiger partial charge in [0.05, 0.1) is 21.0 Å². The molecule has 1 unspecified atom stereocenters. The standard InChI is InChI=1S/C39H81O6P.2Na/c1-3-5-7-9-11-13-15-17-19-21-23-25-27-29-31-33-35-43-37-39(38-45-46(40,41)42)44-36-34-32-30-28-26-24-22-20-18-16-14-12-10-8-6-4-2;;/h39H,3-38H2,1-2H3,(H2,40,41,42);;/q;2*+1/p-2. The molecule has 0 aliphatic heterocycles. The summed E-state index contributed by atoms with van der Waals surface area (Å²) in [5, 5.41) is 0. The molecule has 0 aromatic heterocycles. The van der Waals surface area contributed by atoms with Gasteiger partial charge < -0.3 is 28.3 Å². The second-order valence-corrected chi connectivity index (χ2v) is 15.1. The molecule has 278 valence electrons. The molecule has 0 amide bonds. The monoisotopic (exact) mass is 721 g/mol. The Kier molecular flexibility index (Phi) is 51.2. The van der Waals surface area contributed by atoms with Gasteiger partial charge in [0.2, 0.25) is 0 Å². The molecule has 48 heavy (non-hydrogen) atoms. The van der Waals surface area contributed by atoms with E-state index in [-0.39, 0.29) is 72.3 Å². The van der Waals surface area contributed by atoms with Crippen LogP contribution in [0.3, 0.4) is 0 Å². The van der Waals surface area contributed by atoms with Crippen molar-refractivity contribution in [3.05, 3.63) is 0 Å². The molecule has 0 rings (SSSR count). The molecule has 0 aliphatic carbocycles. The third-order valence-electron chi connectivity index (χ3n) is 9.22. The maximum atomic E-state index is 11.0. The summed E-state index contributed by atoms with van der Waals surface area (Å²) in [6.07, 6.45) is 41.9. The summed E-state index contributed by atoms with van der Waals surface area (Å²) in [4.78, 5) is 21.9. The maximum Gasteiger partial charge on any atom is 1.00 e. The number of phosphoric ester groups is 1. The third kappa shape index (κ3) is 48.0. The van der Waals surface area contributed by atoms with Gasteiger partial charge in [-0.25, -0.2) is 0 Å². The fourth-order valence-corrected chi connectivity index (χ4v) is 6.53. The van der Waals surface area contributed by atoms with E-state index in [1.165, 1.54) is 180 Å². The minimum Gasteiger partial charge on any atom is -0.790 e. The molecule has 6 nitrogen and oxygen atoms in total. The van der Waals surface area contributed by atoms with Gasteiger partial charge in [-0.15, -0.1) is 0 Å². The van der Waals surface area contributed by atoms with E-state index >= 15 is 0 Å².